The standard InChI is InChI=1S/C20H28N4O/c1-15(2)20(25)23-13-18-8-9-19(14-23)24(18)11-3-10-22-17-6-4-16(12-21)5-7-17/h4-7,15,18-19,22H,3,8-11,13-14H2,1-2H3. The predicted molar refractivity (Wildman–Crippen MR) is 99.2 cm³/mol. The Balaban J connectivity index is 1.43. The van der Waals surface area contributed by atoms with Gasteiger partial charge in [-0.25, -0.2) is 0 Å². The van der Waals surface area contributed by atoms with Gasteiger partial charge in [-0.1, -0.05) is 13.8 Å². The van der Waals surface area contributed by atoms with Crippen molar-refractivity contribution in [3.63, 3.8) is 0 Å². The zero-order valence-electron chi connectivity index (χ0n) is 15.2. The van der Waals surface area contributed by atoms with Crippen molar-refractivity contribution in [2.24, 2.45) is 5.92 Å². The quantitative estimate of drug-likeness (QED) is 0.809. The Kier molecular flexibility index (Phi) is 5.60. The van der Waals surface area contributed by atoms with E-state index in [1.165, 1.54) is 12.8 Å². The fourth-order valence-corrected chi connectivity index (χ4v) is 4.06. The number of anilines is 1. The molecular formula is C20H28N4O. The van der Waals surface area contributed by atoms with Gasteiger partial charge >= 0.3 is 0 Å². The van der Waals surface area contributed by atoms with Crippen molar-refractivity contribution in [3.8, 4) is 6.07 Å². The first-order chi connectivity index (χ1) is 12.1. The molecule has 2 unspecified atom stereocenters. The average molecular weight is 340 g/mol. The highest BCUT2D eigenvalue weighted by Gasteiger charge is 2.40. The number of hydrogen-bond donors (Lipinski definition) is 1. The van der Waals surface area contributed by atoms with Crippen LogP contribution in [-0.2, 0) is 4.79 Å². The van der Waals surface area contributed by atoms with Crippen LogP contribution in [0, 0.1) is 17.2 Å². The molecule has 1 aromatic rings. The van der Waals surface area contributed by atoms with E-state index in [2.05, 4.69) is 21.2 Å². The maximum absolute atomic E-state index is 12.3. The molecule has 0 aromatic heterocycles. The van der Waals surface area contributed by atoms with Gasteiger partial charge in [-0.2, -0.15) is 5.26 Å². The highest BCUT2D eigenvalue weighted by molar-refractivity contribution is 5.78. The summed E-state index contributed by atoms with van der Waals surface area (Å²) < 4.78 is 0. The molecule has 2 fully saturated rings. The number of nitriles is 1. The Morgan fingerprint density at radius 3 is 2.44 bits per heavy atom. The summed E-state index contributed by atoms with van der Waals surface area (Å²) in [6.45, 7) is 7.79. The molecule has 2 aliphatic rings. The molecule has 1 N–H and O–H groups in total. The normalized spacial score (nSPS) is 22.9. The highest BCUT2D eigenvalue weighted by Crippen LogP contribution is 2.30. The zero-order valence-corrected chi connectivity index (χ0v) is 15.2. The molecule has 0 aliphatic carbocycles. The van der Waals surface area contributed by atoms with Crippen molar-refractivity contribution in [1.29, 1.82) is 5.26 Å². The number of rotatable bonds is 6. The van der Waals surface area contributed by atoms with Crippen LogP contribution in [0.4, 0.5) is 5.69 Å². The van der Waals surface area contributed by atoms with Crippen molar-refractivity contribution in [2.75, 3.05) is 31.5 Å². The smallest absolute Gasteiger partial charge is 0.225 e. The van der Waals surface area contributed by atoms with Gasteiger partial charge in [0.05, 0.1) is 11.6 Å². The molecule has 2 bridgehead atoms. The zero-order chi connectivity index (χ0) is 17.8. The minimum Gasteiger partial charge on any atom is -0.385 e. The molecule has 0 spiro atoms. The van der Waals surface area contributed by atoms with E-state index in [-0.39, 0.29) is 5.92 Å². The maximum Gasteiger partial charge on any atom is 0.225 e. The number of likely N-dealkylation sites (tertiary alicyclic amines) is 1. The molecule has 2 atom stereocenters. The van der Waals surface area contributed by atoms with Crippen LogP contribution in [0.1, 0.15) is 38.7 Å². The summed E-state index contributed by atoms with van der Waals surface area (Å²) in [7, 11) is 0. The number of benzene rings is 1. The van der Waals surface area contributed by atoms with Crippen LogP contribution < -0.4 is 5.32 Å². The molecule has 0 radical (unpaired) electrons. The second kappa shape index (κ2) is 7.88. The van der Waals surface area contributed by atoms with Gasteiger partial charge in [0.1, 0.15) is 0 Å². The number of amides is 1. The lowest BCUT2D eigenvalue weighted by molar-refractivity contribution is -0.137. The first kappa shape index (κ1) is 17.8. The Hall–Kier alpha value is -2.06. The molecule has 134 valence electrons. The molecule has 1 amide bonds. The summed E-state index contributed by atoms with van der Waals surface area (Å²) in [4.78, 5) is 17.0. The minimum absolute atomic E-state index is 0.0996. The van der Waals surface area contributed by atoms with Gasteiger partial charge in [-0.3, -0.25) is 9.69 Å². The van der Waals surface area contributed by atoms with E-state index in [1.54, 1.807) is 0 Å². The van der Waals surface area contributed by atoms with Gasteiger partial charge in [0, 0.05) is 49.9 Å². The number of fused-ring (bicyclic) bond motifs is 2. The van der Waals surface area contributed by atoms with Crippen LogP contribution in [-0.4, -0.2) is 54.0 Å². The third-order valence-electron chi connectivity index (χ3n) is 5.38. The van der Waals surface area contributed by atoms with Crippen LogP contribution in [0.2, 0.25) is 0 Å². The van der Waals surface area contributed by atoms with Gasteiger partial charge in [-0.05, 0) is 43.5 Å². The number of hydrogen-bond acceptors (Lipinski definition) is 4. The van der Waals surface area contributed by atoms with Gasteiger partial charge < -0.3 is 10.2 Å². The fourth-order valence-electron chi connectivity index (χ4n) is 4.06. The van der Waals surface area contributed by atoms with Crippen molar-refractivity contribution >= 4 is 11.6 Å². The van der Waals surface area contributed by atoms with Crippen molar-refractivity contribution in [3.05, 3.63) is 29.8 Å². The monoisotopic (exact) mass is 340 g/mol. The van der Waals surface area contributed by atoms with Crippen LogP contribution in [0.3, 0.4) is 0 Å². The molecule has 2 aliphatic heterocycles. The summed E-state index contributed by atoms with van der Waals surface area (Å²) in [6, 6.07) is 10.8. The van der Waals surface area contributed by atoms with E-state index < -0.39 is 0 Å². The topological polar surface area (TPSA) is 59.4 Å². The molecule has 5 nitrogen and oxygen atoms in total. The van der Waals surface area contributed by atoms with E-state index >= 15 is 0 Å². The number of nitrogens with zero attached hydrogens (tertiary/aromatic N) is 3. The van der Waals surface area contributed by atoms with E-state index in [9.17, 15) is 4.79 Å². The Bertz CT molecular complexity index is 620. The number of carbonyl (C=O) groups excluding carboxylic acids is 1. The fraction of sp³-hybridized carbons (Fsp3) is 0.600. The van der Waals surface area contributed by atoms with Crippen LogP contribution in [0.25, 0.3) is 0 Å². The molecule has 25 heavy (non-hydrogen) atoms. The number of nitrogens with one attached hydrogen (secondary N) is 1. The summed E-state index contributed by atoms with van der Waals surface area (Å²) in [5.41, 5.74) is 1.75. The molecule has 1 aromatic carbocycles. The lowest BCUT2D eigenvalue weighted by Crippen LogP contribution is -2.56. The van der Waals surface area contributed by atoms with Crippen molar-refractivity contribution < 1.29 is 4.79 Å². The summed E-state index contributed by atoms with van der Waals surface area (Å²) in [6.07, 6.45) is 3.52. The molecular weight excluding hydrogens is 312 g/mol. The third-order valence-corrected chi connectivity index (χ3v) is 5.38. The molecule has 0 saturated carbocycles. The minimum atomic E-state index is 0.0996. The predicted octanol–water partition coefficient (Wildman–Crippen LogP) is 2.69. The van der Waals surface area contributed by atoms with Gasteiger partial charge in [0.25, 0.3) is 0 Å². The van der Waals surface area contributed by atoms with Gasteiger partial charge in [0.2, 0.25) is 5.91 Å². The van der Waals surface area contributed by atoms with Gasteiger partial charge in [0.15, 0.2) is 0 Å². The Morgan fingerprint density at radius 2 is 1.88 bits per heavy atom. The molecule has 5 heteroatoms. The van der Waals surface area contributed by atoms with Crippen molar-refractivity contribution in [2.45, 2.75) is 45.2 Å². The average Bonchev–Trinajstić information content (AvgIpc) is 2.86. The Labute approximate surface area is 150 Å². The maximum atomic E-state index is 12.3. The molecule has 2 heterocycles. The molecule has 3 rings (SSSR count). The second-order valence-electron chi connectivity index (χ2n) is 7.49. The lowest BCUT2D eigenvalue weighted by Gasteiger charge is -2.41. The second-order valence-corrected chi connectivity index (χ2v) is 7.49. The van der Waals surface area contributed by atoms with Crippen LogP contribution >= 0.6 is 0 Å². The first-order valence-corrected chi connectivity index (χ1v) is 9.37. The van der Waals surface area contributed by atoms with E-state index in [1.807, 2.05) is 38.1 Å². The van der Waals surface area contributed by atoms with Crippen molar-refractivity contribution in [1.82, 2.24) is 9.80 Å². The third kappa shape index (κ3) is 4.13. The summed E-state index contributed by atoms with van der Waals surface area (Å²) in [5, 5.41) is 12.3. The Morgan fingerprint density at radius 1 is 1.24 bits per heavy atom. The van der Waals surface area contributed by atoms with E-state index in [4.69, 9.17) is 5.26 Å². The largest absolute Gasteiger partial charge is 0.385 e. The van der Waals surface area contributed by atoms with Crippen LogP contribution in [0.15, 0.2) is 24.3 Å². The lowest BCUT2D eigenvalue weighted by atomic mass is 10.1. The van der Waals surface area contributed by atoms with E-state index in [0.717, 1.165) is 38.3 Å². The first-order valence-electron chi connectivity index (χ1n) is 9.37. The summed E-state index contributed by atoms with van der Waals surface area (Å²) in [5.74, 6) is 0.404. The van der Waals surface area contributed by atoms with Gasteiger partial charge in [-0.15, -0.1) is 0 Å². The SMILES string of the molecule is CC(C)C(=O)N1CC2CCC(C1)N2CCCNc1ccc(C#N)cc1. The number of piperazine rings is 1. The highest BCUT2D eigenvalue weighted by atomic mass is 16.2. The summed E-state index contributed by atoms with van der Waals surface area (Å²) >= 11 is 0. The van der Waals surface area contributed by atoms with E-state index in [0.29, 0.717) is 23.6 Å². The molecule has 2 saturated heterocycles. The number of carbonyl (C=O) groups is 1. The van der Waals surface area contributed by atoms with Crippen LogP contribution in [0.5, 0.6) is 0 Å².